The first-order valence-electron chi connectivity index (χ1n) is 26.8. The Kier molecular flexibility index (Phi) is 9.72. The van der Waals surface area contributed by atoms with E-state index < -0.39 is 0 Å². The monoisotopic (exact) mass is 950 g/mol. The Hall–Kier alpha value is -7.04. The Morgan fingerprint density at radius 2 is 1.04 bits per heavy atom. The summed E-state index contributed by atoms with van der Waals surface area (Å²) < 4.78 is 0. The molecule has 0 radical (unpaired) electrons. The first-order valence-corrected chi connectivity index (χ1v) is 26.8. The van der Waals surface area contributed by atoms with Gasteiger partial charge in [-0.2, -0.15) is 0 Å². The van der Waals surface area contributed by atoms with Crippen molar-refractivity contribution in [3.63, 3.8) is 0 Å². The highest BCUT2D eigenvalue weighted by molar-refractivity contribution is 6.94. The van der Waals surface area contributed by atoms with Crippen LogP contribution in [0.1, 0.15) is 129 Å². The van der Waals surface area contributed by atoms with Crippen LogP contribution in [0.25, 0.3) is 32.7 Å². The van der Waals surface area contributed by atoms with Crippen LogP contribution in [-0.4, -0.2) is 6.85 Å². The van der Waals surface area contributed by atoms with Crippen LogP contribution >= 0.6 is 0 Å². The molecule has 1 aliphatic carbocycles. The highest BCUT2D eigenvalue weighted by Gasteiger charge is 2.51. The van der Waals surface area contributed by atoms with Crippen LogP contribution in [0.15, 0.2) is 170 Å². The minimum Gasteiger partial charge on any atom is -0.376 e. The van der Waals surface area contributed by atoms with Gasteiger partial charge in [-0.05, 0) is 173 Å². The molecule has 0 aromatic heterocycles. The second-order valence-corrected chi connectivity index (χ2v) is 25.7. The fourth-order valence-electron chi connectivity index (χ4n) is 13.4. The Morgan fingerprint density at radius 3 is 1.68 bits per heavy atom. The van der Waals surface area contributed by atoms with Crippen molar-refractivity contribution in [2.75, 3.05) is 14.6 Å². The minimum absolute atomic E-state index is 0.0392. The minimum atomic E-state index is -0.251. The van der Waals surface area contributed by atoms with Gasteiger partial charge in [0.15, 0.2) is 0 Å². The number of rotatable bonds is 4. The van der Waals surface area contributed by atoms with Crippen LogP contribution in [0.5, 0.6) is 0 Å². The fraction of sp³-hybridized carbons (Fsp3) is 0.275. The zero-order valence-corrected chi connectivity index (χ0v) is 45.0. The molecule has 9 aromatic rings. The molecule has 0 saturated heterocycles. The quantitative estimate of drug-likeness (QED) is 0.163. The van der Waals surface area contributed by atoms with Gasteiger partial charge in [-0.1, -0.05) is 180 Å². The van der Waals surface area contributed by atoms with Crippen LogP contribution in [0.2, 0.25) is 0 Å². The molecule has 0 amide bonds. The number of hydrogen-bond donors (Lipinski definition) is 0. The van der Waals surface area contributed by atoms with E-state index >= 15 is 0 Å². The molecule has 0 atom stereocenters. The zero-order chi connectivity index (χ0) is 50.7. The van der Waals surface area contributed by atoms with Crippen molar-refractivity contribution in [2.45, 2.75) is 123 Å². The van der Waals surface area contributed by atoms with Crippen molar-refractivity contribution in [1.82, 2.24) is 0 Å². The van der Waals surface area contributed by atoms with Crippen molar-refractivity contribution < 1.29 is 0 Å². The van der Waals surface area contributed by atoms with Crippen LogP contribution in [0.4, 0.5) is 45.5 Å². The average molecular weight is 950 g/mol. The summed E-state index contributed by atoms with van der Waals surface area (Å²) in [6.45, 7) is 28.4. The summed E-state index contributed by atoms with van der Waals surface area (Å²) in [7, 11) is 0. The van der Waals surface area contributed by atoms with E-state index in [1.807, 2.05) is 0 Å². The van der Waals surface area contributed by atoms with E-state index in [0.29, 0.717) is 0 Å². The molecule has 3 aliphatic heterocycles. The standard InChI is InChI=1S/C69H68BN3/c1-65(2,3)46-24-28-48(29-25-46)71(49-30-26-47(27-31-49)66(4,5)6)50-33-35-60-53(41-50)54-38-45-20-15-16-21-52(45)63-62(54)70(73(60)51-32-34-55-57(42-51)68(9,10)37-36-67(55,7)8)59-23-17-22-56-64(59)72(63)61-40-44-19-14-13-18-43(44)39-58(61)69(56,11)12/h13-35,38-42H,36-37H2,1-12H3. The molecule has 0 bridgehead atoms. The molecule has 0 unspecified atom stereocenters. The van der Waals surface area contributed by atoms with Gasteiger partial charge in [0.25, 0.3) is 0 Å². The van der Waals surface area contributed by atoms with E-state index in [9.17, 15) is 0 Å². The molecule has 0 N–H and O–H groups in total. The highest BCUT2D eigenvalue weighted by atomic mass is 15.2. The fourth-order valence-corrected chi connectivity index (χ4v) is 13.4. The molecule has 0 saturated carbocycles. The molecule has 3 nitrogen and oxygen atoms in total. The van der Waals surface area contributed by atoms with E-state index in [-0.39, 0.29) is 33.9 Å². The van der Waals surface area contributed by atoms with Crippen LogP contribution < -0.4 is 25.5 Å². The van der Waals surface area contributed by atoms with Gasteiger partial charge >= 0.3 is 6.85 Å². The molecule has 362 valence electrons. The predicted octanol–water partition coefficient (Wildman–Crippen LogP) is 17.8. The normalized spacial score (nSPS) is 16.6. The molecule has 9 aromatic carbocycles. The maximum absolute atomic E-state index is 2.74. The lowest BCUT2D eigenvalue weighted by Crippen LogP contribution is -2.62. The van der Waals surface area contributed by atoms with E-state index in [2.05, 4.69) is 268 Å². The van der Waals surface area contributed by atoms with E-state index in [1.165, 1.54) is 112 Å². The SMILES string of the molecule is CC(C)(C)c1ccc(N(c2ccc(C(C)(C)C)cc2)c2ccc3c(c2)-c2cc4ccccc4c4c2B(c2cccc5c2N4c2cc4ccccc4cc2C5(C)C)N3c2ccc3c(c2)C(C)(C)CCC3(C)C)cc1. The Bertz CT molecular complexity index is 3690. The van der Waals surface area contributed by atoms with Crippen molar-refractivity contribution >= 4 is 84.8 Å². The van der Waals surface area contributed by atoms with Crippen LogP contribution in [0.3, 0.4) is 0 Å². The summed E-state index contributed by atoms with van der Waals surface area (Å²) in [5.74, 6) is 0. The molecular weight excluding hydrogens is 882 g/mol. The predicted molar refractivity (Wildman–Crippen MR) is 315 cm³/mol. The molecular formula is C69H68BN3. The lowest BCUT2D eigenvalue weighted by molar-refractivity contribution is 0.332. The Morgan fingerprint density at radius 1 is 0.452 bits per heavy atom. The lowest BCUT2D eigenvalue weighted by Gasteiger charge is -2.51. The Labute approximate surface area is 434 Å². The van der Waals surface area contributed by atoms with E-state index in [0.717, 1.165) is 23.5 Å². The Balaban J connectivity index is 1.13. The lowest BCUT2D eigenvalue weighted by atomic mass is 9.42. The maximum atomic E-state index is 2.74. The van der Waals surface area contributed by atoms with Gasteiger partial charge in [0, 0.05) is 50.5 Å². The van der Waals surface area contributed by atoms with E-state index in [4.69, 9.17) is 0 Å². The van der Waals surface area contributed by atoms with Crippen molar-refractivity contribution in [3.8, 4) is 11.1 Å². The molecule has 4 aliphatic rings. The van der Waals surface area contributed by atoms with Gasteiger partial charge < -0.3 is 14.6 Å². The third-order valence-electron chi connectivity index (χ3n) is 17.7. The first-order chi connectivity index (χ1) is 34.7. The molecule has 13 rings (SSSR count). The van der Waals surface area contributed by atoms with Gasteiger partial charge in [0.2, 0.25) is 0 Å². The van der Waals surface area contributed by atoms with Gasteiger partial charge in [-0.15, -0.1) is 0 Å². The third-order valence-corrected chi connectivity index (χ3v) is 17.7. The zero-order valence-electron chi connectivity index (χ0n) is 45.0. The van der Waals surface area contributed by atoms with Crippen LogP contribution in [-0.2, 0) is 27.1 Å². The average Bonchev–Trinajstić information content (AvgIpc) is 3.37. The number of nitrogens with zero attached hydrogens (tertiary/aromatic N) is 3. The highest BCUT2D eigenvalue weighted by Crippen LogP contribution is 2.58. The first kappa shape index (κ1) is 45.8. The number of para-hydroxylation sites is 1. The molecule has 4 heteroatoms. The summed E-state index contributed by atoms with van der Waals surface area (Å²) in [6, 6.07) is 66.2. The van der Waals surface area contributed by atoms with Crippen molar-refractivity contribution in [3.05, 3.63) is 203 Å². The molecule has 3 heterocycles. The summed E-state index contributed by atoms with van der Waals surface area (Å²) >= 11 is 0. The second kappa shape index (κ2) is 15.5. The smallest absolute Gasteiger partial charge is 0.333 e. The summed E-state index contributed by atoms with van der Waals surface area (Å²) in [5, 5.41) is 5.06. The van der Waals surface area contributed by atoms with Crippen LogP contribution in [0, 0.1) is 0 Å². The number of fused-ring (bicyclic) bond motifs is 10. The van der Waals surface area contributed by atoms with Gasteiger partial charge in [0.05, 0.1) is 11.4 Å². The largest absolute Gasteiger partial charge is 0.376 e. The number of benzene rings is 9. The molecule has 0 fully saturated rings. The van der Waals surface area contributed by atoms with Gasteiger partial charge in [-0.25, -0.2) is 0 Å². The van der Waals surface area contributed by atoms with E-state index in [1.54, 1.807) is 0 Å². The van der Waals surface area contributed by atoms with Crippen molar-refractivity contribution in [2.24, 2.45) is 0 Å². The maximum Gasteiger partial charge on any atom is 0.333 e. The second-order valence-electron chi connectivity index (χ2n) is 25.7. The number of anilines is 8. The summed E-state index contributed by atoms with van der Waals surface area (Å²) in [5.41, 5.74) is 23.3. The third kappa shape index (κ3) is 6.85. The summed E-state index contributed by atoms with van der Waals surface area (Å²) in [4.78, 5) is 7.91. The van der Waals surface area contributed by atoms with Crippen molar-refractivity contribution in [1.29, 1.82) is 0 Å². The summed E-state index contributed by atoms with van der Waals surface area (Å²) in [6.07, 6.45) is 2.34. The van der Waals surface area contributed by atoms with Gasteiger partial charge in [0.1, 0.15) is 0 Å². The topological polar surface area (TPSA) is 9.72 Å². The molecule has 0 spiro atoms. The molecule has 73 heavy (non-hydrogen) atoms. The number of hydrogen-bond acceptors (Lipinski definition) is 3. The van der Waals surface area contributed by atoms with Gasteiger partial charge in [-0.3, -0.25) is 0 Å².